The van der Waals surface area contributed by atoms with Gasteiger partial charge in [0, 0.05) is 12.0 Å². The zero-order chi connectivity index (χ0) is 11.7. The molecule has 2 heteroatoms. The van der Waals surface area contributed by atoms with Gasteiger partial charge in [-0.15, -0.1) is 0 Å². The van der Waals surface area contributed by atoms with Crippen LogP contribution in [-0.2, 0) is 0 Å². The van der Waals surface area contributed by atoms with Crippen molar-refractivity contribution in [2.45, 2.75) is 37.6 Å². The first-order chi connectivity index (χ1) is 8.38. The molecule has 1 N–H and O–H groups in total. The van der Waals surface area contributed by atoms with E-state index in [9.17, 15) is 0 Å². The Morgan fingerprint density at radius 2 is 2.12 bits per heavy atom. The van der Waals surface area contributed by atoms with Crippen LogP contribution in [0, 0.1) is 5.92 Å². The lowest BCUT2D eigenvalue weighted by molar-refractivity contribution is 0.242. The molecule has 1 aliphatic heterocycles. The smallest absolute Gasteiger partial charge is 0.122 e. The highest BCUT2D eigenvalue weighted by Crippen LogP contribution is 2.41. The van der Waals surface area contributed by atoms with Gasteiger partial charge in [0.2, 0.25) is 0 Å². The Morgan fingerprint density at radius 1 is 1.29 bits per heavy atom. The van der Waals surface area contributed by atoms with Gasteiger partial charge < -0.3 is 10.1 Å². The van der Waals surface area contributed by atoms with Gasteiger partial charge in [-0.3, -0.25) is 0 Å². The standard InChI is InChI=1S/C15H21NO/c1-16-14(10-11-6-7-11)12-8-9-17-15-5-3-2-4-13(12)15/h2-5,11-12,14,16H,6-10H2,1H3. The molecule has 0 saturated heterocycles. The fraction of sp³-hybridized carbons (Fsp3) is 0.600. The number of benzene rings is 1. The van der Waals surface area contributed by atoms with E-state index < -0.39 is 0 Å². The van der Waals surface area contributed by atoms with Crippen LogP contribution in [0.2, 0.25) is 0 Å². The van der Waals surface area contributed by atoms with Crippen molar-refractivity contribution in [1.82, 2.24) is 5.32 Å². The van der Waals surface area contributed by atoms with E-state index in [4.69, 9.17) is 4.74 Å². The van der Waals surface area contributed by atoms with Crippen LogP contribution in [0.1, 0.15) is 37.2 Å². The number of rotatable bonds is 4. The van der Waals surface area contributed by atoms with Crippen LogP contribution < -0.4 is 10.1 Å². The Balaban J connectivity index is 1.82. The van der Waals surface area contributed by atoms with E-state index in [2.05, 4.69) is 36.6 Å². The third kappa shape index (κ3) is 2.32. The molecule has 1 aromatic carbocycles. The van der Waals surface area contributed by atoms with Crippen molar-refractivity contribution in [3.63, 3.8) is 0 Å². The van der Waals surface area contributed by atoms with Crippen molar-refractivity contribution in [3.8, 4) is 5.75 Å². The maximum Gasteiger partial charge on any atom is 0.122 e. The molecule has 2 unspecified atom stereocenters. The highest BCUT2D eigenvalue weighted by atomic mass is 16.5. The predicted octanol–water partition coefficient (Wildman–Crippen LogP) is 2.94. The minimum atomic E-state index is 0.618. The monoisotopic (exact) mass is 231 g/mol. The van der Waals surface area contributed by atoms with Crippen LogP contribution in [0.25, 0.3) is 0 Å². The van der Waals surface area contributed by atoms with Gasteiger partial charge in [-0.05, 0) is 37.4 Å². The van der Waals surface area contributed by atoms with Gasteiger partial charge in [0.1, 0.15) is 5.75 Å². The van der Waals surface area contributed by atoms with E-state index in [0.29, 0.717) is 12.0 Å². The molecule has 2 aliphatic rings. The number of ether oxygens (including phenoxy) is 1. The lowest BCUT2D eigenvalue weighted by Crippen LogP contribution is -2.35. The van der Waals surface area contributed by atoms with E-state index in [0.717, 1.165) is 24.7 Å². The van der Waals surface area contributed by atoms with Crippen LogP contribution in [0.3, 0.4) is 0 Å². The van der Waals surface area contributed by atoms with Crippen LogP contribution in [0.15, 0.2) is 24.3 Å². The summed E-state index contributed by atoms with van der Waals surface area (Å²) < 4.78 is 5.74. The number of nitrogens with one attached hydrogen (secondary N) is 1. The Hall–Kier alpha value is -1.02. The summed E-state index contributed by atoms with van der Waals surface area (Å²) in [6, 6.07) is 9.15. The van der Waals surface area contributed by atoms with Gasteiger partial charge in [0.15, 0.2) is 0 Å². The third-order valence-corrected chi connectivity index (χ3v) is 4.15. The number of fused-ring (bicyclic) bond motifs is 1. The topological polar surface area (TPSA) is 21.3 Å². The summed E-state index contributed by atoms with van der Waals surface area (Å²) in [5, 5.41) is 3.53. The molecule has 0 bridgehead atoms. The second kappa shape index (κ2) is 4.69. The molecule has 0 radical (unpaired) electrons. The zero-order valence-corrected chi connectivity index (χ0v) is 10.5. The second-order valence-corrected chi connectivity index (χ2v) is 5.36. The van der Waals surface area contributed by atoms with Crippen LogP contribution in [-0.4, -0.2) is 19.7 Å². The fourth-order valence-corrected chi connectivity index (χ4v) is 2.98. The SMILES string of the molecule is CNC(CC1CC1)C1CCOc2ccccc21. The molecule has 0 spiro atoms. The molecule has 1 saturated carbocycles. The van der Waals surface area contributed by atoms with Crippen LogP contribution in [0.5, 0.6) is 5.75 Å². The largest absolute Gasteiger partial charge is 0.493 e. The summed E-state index contributed by atoms with van der Waals surface area (Å²) in [5.74, 6) is 2.70. The lowest BCUT2D eigenvalue weighted by Gasteiger charge is -2.32. The summed E-state index contributed by atoms with van der Waals surface area (Å²) >= 11 is 0. The molecule has 3 rings (SSSR count). The average molecular weight is 231 g/mol. The molecule has 1 heterocycles. The molecule has 0 aromatic heterocycles. The van der Waals surface area contributed by atoms with Crippen molar-refractivity contribution in [1.29, 1.82) is 0 Å². The Labute approximate surface area is 103 Å². The predicted molar refractivity (Wildman–Crippen MR) is 69.5 cm³/mol. The van der Waals surface area contributed by atoms with E-state index in [-0.39, 0.29) is 0 Å². The number of hydrogen-bond donors (Lipinski definition) is 1. The summed E-state index contributed by atoms with van der Waals surface area (Å²) in [5.41, 5.74) is 1.40. The molecule has 92 valence electrons. The van der Waals surface area contributed by atoms with E-state index in [1.807, 2.05) is 0 Å². The van der Waals surface area contributed by atoms with Crippen molar-refractivity contribution in [3.05, 3.63) is 29.8 Å². The first-order valence-electron chi connectivity index (χ1n) is 6.77. The molecule has 2 atom stereocenters. The number of likely N-dealkylation sites (N-methyl/N-ethyl adjacent to an activating group) is 1. The molecule has 1 aromatic rings. The molecule has 1 aliphatic carbocycles. The molecule has 2 nitrogen and oxygen atoms in total. The van der Waals surface area contributed by atoms with Gasteiger partial charge in [-0.1, -0.05) is 31.0 Å². The summed E-state index contributed by atoms with van der Waals surface area (Å²) in [4.78, 5) is 0. The quantitative estimate of drug-likeness (QED) is 0.860. The summed E-state index contributed by atoms with van der Waals surface area (Å²) in [6.45, 7) is 0.866. The Kier molecular flexibility index (Phi) is 3.06. The molecule has 0 amide bonds. The summed E-state index contributed by atoms with van der Waals surface area (Å²) in [7, 11) is 2.10. The molecule has 17 heavy (non-hydrogen) atoms. The third-order valence-electron chi connectivity index (χ3n) is 4.15. The van der Waals surface area contributed by atoms with Gasteiger partial charge in [0.25, 0.3) is 0 Å². The second-order valence-electron chi connectivity index (χ2n) is 5.36. The van der Waals surface area contributed by atoms with Gasteiger partial charge in [-0.2, -0.15) is 0 Å². The van der Waals surface area contributed by atoms with Gasteiger partial charge in [0.05, 0.1) is 6.61 Å². The van der Waals surface area contributed by atoms with E-state index in [1.165, 1.54) is 24.8 Å². The lowest BCUT2D eigenvalue weighted by atomic mass is 9.84. The first kappa shape index (κ1) is 11.1. The molecular formula is C15H21NO. The number of para-hydroxylation sites is 1. The van der Waals surface area contributed by atoms with Gasteiger partial charge >= 0.3 is 0 Å². The highest BCUT2D eigenvalue weighted by molar-refractivity contribution is 5.38. The minimum Gasteiger partial charge on any atom is -0.493 e. The van der Waals surface area contributed by atoms with Crippen molar-refractivity contribution in [2.75, 3.05) is 13.7 Å². The van der Waals surface area contributed by atoms with Crippen molar-refractivity contribution in [2.24, 2.45) is 5.92 Å². The normalized spacial score (nSPS) is 24.9. The maximum atomic E-state index is 5.74. The van der Waals surface area contributed by atoms with Crippen LogP contribution >= 0.6 is 0 Å². The maximum absolute atomic E-state index is 5.74. The van der Waals surface area contributed by atoms with Gasteiger partial charge in [-0.25, -0.2) is 0 Å². The van der Waals surface area contributed by atoms with E-state index >= 15 is 0 Å². The van der Waals surface area contributed by atoms with Crippen molar-refractivity contribution < 1.29 is 4.74 Å². The van der Waals surface area contributed by atoms with Crippen molar-refractivity contribution >= 4 is 0 Å². The zero-order valence-electron chi connectivity index (χ0n) is 10.5. The minimum absolute atomic E-state index is 0.618. The highest BCUT2D eigenvalue weighted by Gasteiger charge is 2.32. The van der Waals surface area contributed by atoms with Crippen LogP contribution in [0.4, 0.5) is 0 Å². The average Bonchev–Trinajstić information content (AvgIpc) is 3.19. The Bertz CT molecular complexity index is 386. The Morgan fingerprint density at radius 3 is 2.88 bits per heavy atom. The summed E-state index contributed by atoms with van der Waals surface area (Å²) in [6.07, 6.45) is 5.34. The molecular weight excluding hydrogens is 210 g/mol. The van der Waals surface area contributed by atoms with E-state index in [1.54, 1.807) is 0 Å². The first-order valence-corrected chi connectivity index (χ1v) is 6.77. The molecule has 1 fully saturated rings. The number of hydrogen-bond acceptors (Lipinski definition) is 2. The fourth-order valence-electron chi connectivity index (χ4n) is 2.98.